The lowest BCUT2D eigenvalue weighted by molar-refractivity contribution is -0.150. The molecule has 2 bridgehead atoms. The molecule has 0 aromatic carbocycles. The van der Waals surface area contributed by atoms with E-state index in [-0.39, 0.29) is 47.9 Å². The molecule has 0 N–H and O–H groups in total. The lowest BCUT2D eigenvalue weighted by Crippen LogP contribution is -2.55. The van der Waals surface area contributed by atoms with Gasteiger partial charge in [-0.3, -0.25) is 19.3 Å². The third kappa shape index (κ3) is 2.25. The van der Waals surface area contributed by atoms with Gasteiger partial charge in [-0.25, -0.2) is 0 Å². The summed E-state index contributed by atoms with van der Waals surface area (Å²) in [7, 11) is 0. The van der Waals surface area contributed by atoms with Crippen molar-refractivity contribution >= 4 is 17.7 Å². The highest BCUT2D eigenvalue weighted by Gasteiger charge is 2.59. The van der Waals surface area contributed by atoms with Crippen LogP contribution in [0.4, 0.5) is 0 Å². The zero-order valence-corrected chi connectivity index (χ0v) is 15.5. The van der Waals surface area contributed by atoms with Gasteiger partial charge in [-0.2, -0.15) is 0 Å². The van der Waals surface area contributed by atoms with E-state index in [1.165, 1.54) is 24.2 Å². The first kappa shape index (κ1) is 16.5. The van der Waals surface area contributed by atoms with Gasteiger partial charge >= 0.3 is 0 Å². The normalized spacial score (nSPS) is 43.8. The molecule has 140 valence electrons. The van der Waals surface area contributed by atoms with Gasteiger partial charge in [0.1, 0.15) is 6.54 Å². The zero-order valence-electron chi connectivity index (χ0n) is 15.5. The average Bonchev–Trinajstić information content (AvgIpc) is 3.32. The van der Waals surface area contributed by atoms with Crippen molar-refractivity contribution in [3.8, 4) is 0 Å². The molecule has 7 atom stereocenters. The van der Waals surface area contributed by atoms with E-state index in [1.54, 1.807) is 0 Å². The van der Waals surface area contributed by atoms with Crippen LogP contribution in [0.1, 0.15) is 45.4 Å². The van der Waals surface area contributed by atoms with Crippen molar-refractivity contribution in [2.24, 2.45) is 35.5 Å². The summed E-state index contributed by atoms with van der Waals surface area (Å²) in [6.07, 6.45) is 10.9. The van der Waals surface area contributed by atoms with Gasteiger partial charge in [-0.05, 0) is 49.4 Å². The van der Waals surface area contributed by atoms with E-state index in [2.05, 4.69) is 19.1 Å². The molecule has 4 fully saturated rings. The Morgan fingerprint density at radius 1 is 1.04 bits per heavy atom. The number of amides is 3. The van der Waals surface area contributed by atoms with Gasteiger partial charge < -0.3 is 4.90 Å². The minimum absolute atomic E-state index is 0.0178. The smallest absolute Gasteiger partial charge is 0.243 e. The maximum absolute atomic E-state index is 13.1. The molecular formula is C21H28N2O3. The number of allylic oxidation sites excluding steroid dienone is 2. The van der Waals surface area contributed by atoms with Gasteiger partial charge in [0.05, 0.1) is 11.8 Å². The topological polar surface area (TPSA) is 57.7 Å². The van der Waals surface area contributed by atoms with Gasteiger partial charge in [0.25, 0.3) is 0 Å². The highest BCUT2D eigenvalue weighted by atomic mass is 16.2. The van der Waals surface area contributed by atoms with Gasteiger partial charge in [-0.1, -0.05) is 31.9 Å². The third-order valence-electron chi connectivity index (χ3n) is 7.91. The molecule has 2 saturated heterocycles. The van der Waals surface area contributed by atoms with Crippen molar-refractivity contribution < 1.29 is 14.4 Å². The molecule has 5 nitrogen and oxygen atoms in total. The highest BCUT2D eigenvalue weighted by Crippen LogP contribution is 2.52. The fraction of sp³-hybridized carbons (Fsp3) is 0.762. The molecule has 0 spiro atoms. The second-order valence-corrected chi connectivity index (χ2v) is 9.13. The molecule has 5 aliphatic rings. The van der Waals surface area contributed by atoms with E-state index in [1.807, 2.05) is 4.90 Å². The van der Waals surface area contributed by atoms with Crippen LogP contribution >= 0.6 is 0 Å². The molecule has 0 unspecified atom stereocenters. The number of nitrogens with zero attached hydrogens (tertiary/aromatic N) is 2. The number of rotatable bonds is 2. The summed E-state index contributed by atoms with van der Waals surface area (Å²) >= 11 is 0. The van der Waals surface area contributed by atoms with E-state index >= 15 is 0 Å². The summed E-state index contributed by atoms with van der Waals surface area (Å²) in [6.45, 7) is 3.04. The molecule has 2 heterocycles. The van der Waals surface area contributed by atoms with Crippen molar-refractivity contribution in [3.05, 3.63) is 12.2 Å². The number of fused-ring (bicyclic) bond motifs is 6. The predicted octanol–water partition coefficient (Wildman–Crippen LogP) is 2.22. The first-order valence-electron chi connectivity index (χ1n) is 10.4. The van der Waals surface area contributed by atoms with Crippen LogP contribution in [0.5, 0.6) is 0 Å². The number of imide groups is 1. The summed E-state index contributed by atoms with van der Waals surface area (Å²) in [5.74, 6) is 1.05. The van der Waals surface area contributed by atoms with E-state index in [0.29, 0.717) is 17.9 Å². The molecule has 5 heteroatoms. The third-order valence-corrected chi connectivity index (χ3v) is 7.91. The monoisotopic (exact) mass is 356 g/mol. The van der Waals surface area contributed by atoms with Gasteiger partial charge in [-0.15, -0.1) is 0 Å². The van der Waals surface area contributed by atoms with Crippen LogP contribution in [0.15, 0.2) is 12.2 Å². The van der Waals surface area contributed by atoms with E-state index in [4.69, 9.17) is 0 Å². The first-order valence-corrected chi connectivity index (χ1v) is 10.4. The minimum Gasteiger partial charge on any atom is -0.338 e. The minimum atomic E-state index is -0.200. The number of hydrogen-bond donors (Lipinski definition) is 0. The Hall–Kier alpha value is -1.65. The number of likely N-dealkylation sites (tertiary alicyclic amines) is 2. The van der Waals surface area contributed by atoms with E-state index < -0.39 is 0 Å². The van der Waals surface area contributed by atoms with E-state index in [0.717, 1.165) is 25.8 Å². The SMILES string of the molecule is C[C@@H]1CCN(C(=O)CN2C(=O)[C@@H]3[C@H](C2=O)[C@H]2C=C[C@H]3C2)[C@H]2CCCC[C@@H]12. The Bertz CT molecular complexity index is 657. The summed E-state index contributed by atoms with van der Waals surface area (Å²) < 4.78 is 0. The van der Waals surface area contributed by atoms with Crippen LogP contribution in [0.25, 0.3) is 0 Å². The molecule has 26 heavy (non-hydrogen) atoms. The van der Waals surface area contributed by atoms with Crippen LogP contribution in [0.2, 0.25) is 0 Å². The number of carbonyl (C=O) groups excluding carboxylic acids is 3. The number of hydrogen-bond acceptors (Lipinski definition) is 3. The summed E-state index contributed by atoms with van der Waals surface area (Å²) in [6, 6.07) is 0.310. The molecule has 2 aliphatic heterocycles. The quantitative estimate of drug-likeness (QED) is 0.563. The Balaban J connectivity index is 1.31. The van der Waals surface area contributed by atoms with Gasteiger partial charge in [0.15, 0.2) is 0 Å². The maximum Gasteiger partial charge on any atom is 0.243 e. The van der Waals surface area contributed by atoms with Crippen LogP contribution in [0, 0.1) is 35.5 Å². The second kappa shape index (κ2) is 5.93. The van der Waals surface area contributed by atoms with Crippen LogP contribution in [-0.2, 0) is 14.4 Å². The molecule has 2 saturated carbocycles. The maximum atomic E-state index is 13.1. The Kier molecular flexibility index (Phi) is 3.77. The molecule has 0 aromatic heterocycles. The molecule has 5 rings (SSSR count). The average molecular weight is 356 g/mol. The zero-order chi connectivity index (χ0) is 18.0. The fourth-order valence-electron chi connectivity index (χ4n) is 6.57. The van der Waals surface area contributed by atoms with Crippen LogP contribution in [-0.4, -0.2) is 46.7 Å². The fourth-order valence-corrected chi connectivity index (χ4v) is 6.57. The van der Waals surface area contributed by atoms with Gasteiger partial charge in [0, 0.05) is 12.6 Å². The van der Waals surface area contributed by atoms with Crippen molar-refractivity contribution in [1.29, 1.82) is 0 Å². The Labute approximate surface area is 154 Å². The predicted molar refractivity (Wildman–Crippen MR) is 95.7 cm³/mol. The largest absolute Gasteiger partial charge is 0.338 e. The Morgan fingerprint density at radius 3 is 2.38 bits per heavy atom. The van der Waals surface area contributed by atoms with Crippen molar-refractivity contribution in [3.63, 3.8) is 0 Å². The second-order valence-electron chi connectivity index (χ2n) is 9.13. The standard InChI is InChI=1S/C21H28N2O3/c1-12-8-9-22(16-5-3-2-4-15(12)16)17(24)11-23-20(25)18-13-6-7-14(10-13)19(18)21(23)26/h6-7,12-16,18-19H,2-5,8-11H2,1H3/t12-,13+,14+,15+,16+,18-,19+/m1/s1. The summed E-state index contributed by atoms with van der Waals surface area (Å²) in [5.41, 5.74) is 0. The number of piperidine rings is 1. The van der Waals surface area contributed by atoms with Crippen LogP contribution in [0.3, 0.4) is 0 Å². The van der Waals surface area contributed by atoms with E-state index in [9.17, 15) is 14.4 Å². The lowest BCUT2D eigenvalue weighted by atomic mass is 9.72. The summed E-state index contributed by atoms with van der Waals surface area (Å²) in [5, 5.41) is 0. The number of carbonyl (C=O) groups is 3. The molecular weight excluding hydrogens is 328 g/mol. The molecule has 3 aliphatic carbocycles. The Morgan fingerprint density at radius 2 is 1.69 bits per heavy atom. The van der Waals surface area contributed by atoms with Gasteiger partial charge in [0.2, 0.25) is 17.7 Å². The summed E-state index contributed by atoms with van der Waals surface area (Å²) in [4.78, 5) is 42.0. The first-order chi connectivity index (χ1) is 12.6. The molecule has 0 radical (unpaired) electrons. The van der Waals surface area contributed by atoms with Crippen molar-refractivity contribution in [2.75, 3.05) is 13.1 Å². The van der Waals surface area contributed by atoms with Crippen molar-refractivity contribution in [2.45, 2.75) is 51.5 Å². The highest BCUT2D eigenvalue weighted by molar-refractivity contribution is 6.08. The molecule has 0 aromatic rings. The molecule has 3 amide bonds. The van der Waals surface area contributed by atoms with Crippen molar-refractivity contribution in [1.82, 2.24) is 9.80 Å². The van der Waals surface area contributed by atoms with Crippen LogP contribution < -0.4 is 0 Å². The lowest BCUT2D eigenvalue weighted by Gasteiger charge is -2.47.